The summed E-state index contributed by atoms with van der Waals surface area (Å²) in [5, 5.41) is 1.91. The molecular weight excluding hydrogens is 242 g/mol. The summed E-state index contributed by atoms with van der Waals surface area (Å²) in [4.78, 5) is 6.99. The Balaban J connectivity index is 2.68. The maximum Gasteiger partial charge on any atom is 0.405 e. The van der Waals surface area contributed by atoms with E-state index in [0.717, 1.165) is 0 Å². The van der Waals surface area contributed by atoms with E-state index in [9.17, 15) is 13.2 Å². The molecule has 1 aromatic rings. The molecule has 0 aliphatic heterocycles. The summed E-state index contributed by atoms with van der Waals surface area (Å²) in [6, 6.07) is 1.22. The molecule has 0 amide bonds. The monoisotopic (exact) mass is 245 g/mol. The van der Waals surface area contributed by atoms with E-state index in [-0.39, 0.29) is 16.3 Å². The van der Waals surface area contributed by atoms with Gasteiger partial charge in [0.05, 0.1) is 0 Å². The third-order valence-electron chi connectivity index (χ3n) is 1.11. The zero-order valence-corrected chi connectivity index (χ0v) is 8.08. The molecular formula is C6H4Cl2F3N3. The van der Waals surface area contributed by atoms with Crippen LogP contribution in [0.15, 0.2) is 6.07 Å². The first-order chi connectivity index (χ1) is 6.37. The van der Waals surface area contributed by atoms with Crippen LogP contribution in [0, 0.1) is 0 Å². The molecule has 0 saturated heterocycles. The Morgan fingerprint density at radius 1 is 1.21 bits per heavy atom. The molecule has 3 nitrogen and oxygen atoms in total. The highest BCUT2D eigenvalue weighted by Crippen LogP contribution is 2.17. The van der Waals surface area contributed by atoms with Gasteiger partial charge in [-0.25, -0.2) is 9.97 Å². The van der Waals surface area contributed by atoms with Crippen LogP contribution in [-0.4, -0.2) is 22.7 Å². The Labute approximate surface area is 87.3 Å². The minimum absolute atomic E-state index is 0.0188. The van der Waals surface area contributed by atoms with Crippen molar-refractivity contribution in [3.8, 4) is 0 Å². The van der Waals surface area contributed by atoms with Gasteiger partial charge in [-0.1, -0.05) is 23.2 Å². The van der Waals surface area contributed by atoms with Gasteiger partial charge in [0.1, 0.15) is 16.9 Å². The Hall–Kier alpha value is -0.750. The van der Waals surface area contributed by atoms with Gasteiger partial charge in [0.15, 0.2) is 0 Å². The van der Waals surface area contributed by atoms with E-state index >= 15 is 0 Å². The zero-order valence-electron chi connectivity index (χ0n) is 6.57. The lowest BCUT2D eigenvalue weighted by atomic mass is 10.6. The Kier molecular flexibility index (Phi) is 3.38. The first-order valence-electron chi connectivity index (χ1n) is 3.37. The van der Waals surface area contributed by atoms with E-state index in [4.69, 9.17) is 23.2 Å². The van der Waals surface area contributed by atoms with Crippen LogP contribution >= 0.6 is 23.2 Å². The smallest absolute Gasteiger partial charge is 0.345 e. The number of nitrogens with one attached hydrogen (secondary N) is 1. The summed E-state index contributed by atoms with van der Waals surface area (Å²) in [5.41, 5.74) is 0. The minimum atomic E-state index is -4.34. The van der Waals surface area contributed by atoms with Gasteiger partial charge < -0.3 is 5.32 Å². The number of hydrogen-bond donors (Lipinski definition) is 1. The molecule has 14 heavy (non-hydrogen) atoms. The fourth-order valence-corrected chi connectivity index (χ4v) is 1.07. The van der Waals surface area contributed by atoms with Gasteiger partial charge >= 0.3 is 6.18 Å². The van der Waals surface area contributed by atoms with E-state index in [1.54, 1.807) is 0 Å². The quantitative estimate of drug-likeness (QED) is 0.815. The van der Waals surface area contributed by atoms with Gasteiger partial charge in [0, 0.05) is 6.07 Å². The van der Waals surface area contributed by atoms with E-state index in [2.05, 4.69) is 9.97 Å². The summed E-state index contributed by atoms with van der Waals surface area (Å²) in [7, 11) is 0. The van der Waals surface area contributed by atoms with Crippen molar-refractivity contribution in [1.82, 2.24) is 9.97 Å². The van der Waals surface area contributed by atoms with E-state index < -0.39 is 12.7 Å². The molecule has 0 unspecified atom stereocenters. The van der Waals surface area contributed by atoms with Gasteiger partial charge in [0.2, 0.25) is 5.95 Å². The lowest BCUT2D eigenvalue weighted by Crippen LogP contribution is -2.22. The molecule has 1 N–H and O–H groups in total. The van der Waals surface area contributed by atoms with E-state index in [0.29, 0.717) is 0 Å². The summed E-state index contributed by atoms with van der Waals surface area (Å²) >= 11 is 10.9. The third-order valence-corrected chi connectivity index (χ3v) is 1.50. The second-order valence-corrected chi connectivity index (χ2v) is 3.08. The van der Waals surface area contributed by atoms with Crippen LogP contribution in [0.2, 0.25) is 10.3 Å². The molecule has 0 fully saturated rings. The number of halogens is 5. The maximum atomic E-state index is 11.8. The van der Waals surface area contributed by atoms with Crippen LogP contribution < -0.4 is 5.32 Å². The van der Waals surface area contributed by atoms with Crippen LogP contribution in [-0.2, 0) is 0 Å². The normalized spacial score (nSPS) is 11.5. The highest BCUT2D eigenvalue weighted by atomic mass is 35.5. The molecule has 0 spiro atoms. The number of aromatic nitrogens is 2. The fraction of sp³-hybridized carbons (Fsp3) is 0.333. The number of rotatable bonds is 2. The highest BCUT2D eigenvalue weighted by molar-refractivity contribution is 6.33. The van der Waals surface area contributed by atoms with Crippen LogP contribution in [0.3, 0.4) is 0 Å². The van der Waals surface area contributed by atoms with Crippen molar-refractivity contribution in [2.45, 2.75) is 6.18 Å². The Morgan fingerprint density at radius 3 is 2.14 bits per heavy atom. The molecule has 8 heteroatoms. The number of nitrogens with zero attached hydrogens (tertiary/aromatic N) is 2. The van der Waals surface area contributed by atoms with Crippen molar-refractivity contribution in [2.75, 3.05) is 11.9 Å². The zero-order chi connectivity index (χ0) is 10.8. The second-order valence-electron chi connectivity index (χ2n) is 2.31. The van der Waals surface area contributed by atoms with E-state index in [1.807, 2.05) is 5.32 Å². The maximum absolute atomic E-state index is 11.8. The fourth-order valence-electron chi connectivity index (χ4n) is 0.649. The molecule has 1 heterocycles. The molecule has 0 aromatic carbocycles. The van der Waals surface area contributed by atoms with Crippen LogP contribution in [0.25, 0.3) is 0 Å². The predicted octanol–water partition coefficient (Wildman–Crippen LogP) is 2.76. The molecule has 78 valence electrons. The predicted molar refractivity (Wildman–Crippen MR) is 46.6 cm³/mol. The van der Waals surface area contributed by atoms with Crippen molar-refractivity contribution in [3.63, 3.8) is 0 Å². The van der Waals surface area contributed by atoms with Crippen LogP contribution in [0.5, 0.6) is 0 Å². The van der Waals surface area contributed by atoms with Gasteiger partial charge in [-0.15, -0.1) is 0 Å². The van der Waals surface area contributed by atoms with Crippen LogP contribution in [0.1, 0.15) is 0 Å². The third kappa shape index (κ3) is 3.97. The van der Waals surface area contributed by atoms with Gasteiger partial charge in [-0.3, -0.25) is 0 Å². The van der Waals surface area contributed by atoms with E-state index in [1.165, 1.54) is 6.07 Å². The lowest BCUT2D eigenvalue weighted by molar-refractivity contribution is -0.115. The van der Waals surface area contributed by atoms with Crippen molar-refractivity contribution in [1.29, 1.82) is 0 Å². The Morgan fingerprint density at radius 2 is 1.71 bits per heavy atom. The lowest BCUT2D eigenvalue weighted by Gasteiger charge is -2.07. The molecule has 0 aliphatic rings. The SMILES string of the molecule is FC(F)(F)CNc1nc(Cl)cc(Cl)n1. The molecule has 0 atom stereocenters. The van der Waals surface area contributed by atoms with Crippen molar-refractivity contribution < 1.29 is 13.2 Å². The average molecular weight is 246 g/mol. The number of anilines is 1. The Bertz CT molecular complexity index is 308. The topological polar surface area (TPSA) is 37.8 Å². The van der Waals surface area contributed by atoms with Crippen molar-refractivity contribution >= 4 is 29.2 Å². The van der Waals surface area contributed by atoms with Gasteiger partial charge in [0.25, 0.3) is 0 Å². The molecule has 0 aliphatic carbocycles. The molecule has 1 rings (SSSR count). The highest BCUT2D eigenvalue weighted by Gasteiger charge is 2.27. The standard InChI is InChI=1S/C6H4Cl2F3N3/c7-3-1-4(8)14-5(13-3)12-2-6(9,10)11/h1H,2H2,(H,12,13,14). The number of alkyl halides is 3. The second kappa shape index (κ2) is 4.18. The van der Waals surface area contributed by atoms with Crippen molar-refractivity contribution in [3.05, 3.63) is 16.4 Å². The largest absolute Gasteiger partial charge is 0.405 e. The minimum Gasteiger partial charge on any atom is -0.345 e. The van der Waals surface area contributed by atoms with Gasteiger partial charge in [-0.2, -0.15) is 13.2 Å². The summed E-state index contributed by atoms with van der Waals surface area (Å²) in [6.07, 6.45) is -4.34. The summed E-state index contributed by atoms with van der Waals surface area (Å²) in [5.74, 6) is -0.250. The summed E-state index contributed by atoms with van der Waals surface area (Å²) in [6.45, 7) is -1.23. The number of hydrogen-bond acceptors (Lipinski definition) is 3. The molecule has 1 aromatic heterocycles. The first kappa shape index (κ1) is 11.3. The molecule has 0 bridgehead atoms. The summed E-state index contributed by atoms with van der Waals surface area (Å²) < 4.78 is 35.3. The van der Waals surface area contributed by atoms with Crippen LogP contribution in [0.4, 0.5) is 19.1 Å². The average Bonchev–Trinajstić information content (AvgIpc) is 1.97. The molecule has 0 radical (unpaired) electrons. The molecule has 0 saturated carbocycles. The van der Waals surface area contributed by atoms with Gasteiger partial charge in [-0.05, 0) is 0 Å². The van der Waals surface area contributed by atoms with Crippen molar-refractivity contribution in [2.24, 2.45) is 0 Å². The first-order valence-corrected chi connectivity index (χ1v) is 4.13.